The van der Waals surface area contributed by atoms with Crippen molar-refractivity contribution in [1.29, 1.82) is 0 Å². The van der Waals surface area contributed by atoms with Crippen molar-refractivity contribution < 1.29 is 9.18 Å². The summed E-state index contributed by atoms with van der Waals surface area (Å²) in [5, 5.41) is 6.07. The molecule has 0 radical (unpaired) electrons. The third-order valence-corrected chi connectivity index (χ3v) is 4.27. The van der Waals surface area contributed by atoms with E-state index in [1.54, 1.807) is 12.3 Å². The van der Waals surface area contributed by atoms with Crippen LogP contribution in [-0.4, -0.2) is 15.9 Å². The van der Waals surface area contributed by atoms with Gasteiger partial charge >= 0.3 is 0 Å². The van der Waals surface area contributed by atoms with Crippen molar-refractivity contribution in [3.05, 3.63) is 71.4 Å². The highest BCUT2D eigenvalue weighted by Crippen LogP contribution is 2.32. The molecule has 1 aliphatic heterocycles. The number of nitrogens with one attached hydrogen (secondary N) is 2. The Morgan fingerprint density at radius 3 is 2.85 bits per heavy atom. The topological polar surface area (TPSA) is 66.9 Å². The van der Waals surface area contributed by atoms with Crippen LogP contribution < -0.4 is 10.6 Å². The molecule has 1 aromatic heterocycles. The first-order valence-electron chi connectivity index (χ1n) is 8.36. The Morgan fingerprint density at radius 2 is 1.96 bits per heavy atom. The van der Waals surface area contributed by atoms with Crippen LogP contribution in [0.3, 0.4) is 0 Å². The van der Waals surface area contributed by atoms with E-state index in [-0.39, 0.29) is 12.3 Å². The third kappa shape index (κ3) is 3.26. The summed E-state index contributed by atoms with van der Waals surface area (Å²) >= 11 is 0. The first-order chi connectivity index (χ1) is 12.7. The molecule has 0 saturated heterocycles. The standard InChI is InChI=1S/C20H17FN4O/c21-10-13-4-3-5-14(8-13)11-22-20-23-12-15-9-18(26)24-17-7-2-1-6-16(17)19(15)25-20/h1-8,12H,9-11H2,(H,24,26)(H,22,23,25). The van der Waals surface area contributed by atoms with E-state index in [1.807, 2.05) is 42.5 Å². The molecule has 0 spiro atoms. The van der Waals surface area contributed by atoms with E-state index in [1.165, 1.54) is 0 Å². The predicted molar refractivity (Wildman–Crippen MR) is 98.4 cm³/mol. The molecule has 0 fully saturated rings. The first kappa shape index (κ1) is 16.2. The normalized spacial score (nSPS) is 12.6. The van der Waals surface area contributed by atoms with Gasteiger partial charge in [0.2, 0.25) is 11.9 Å². The van der Waals surface area contributed by atoms with Gasteiger partial charge < -0.3 is 10.6 Å². The van der Waals surface area contributed by atoms with Crippen molar-refractivity contribution in [2.45, 2.75) is 19.6 Å². The van der Waals surface area contributed by atoms with Gasteiger partial charge in [-0.25, -0.2) is 14.4 Å². The molecule has 0 unspecified atom stereocenters. The van der Waals surface area contributed by atoms with Gasteiger partial charge in [0.05, 0.1) is 17.8 Å². The van der Waals surface area contributed by atoms with Crippen molar-refractivity contribution in [3.63, 3.8) is 0 Å². The molecule has 0 bridgehead atoms. The Labute approximate surface area is 150 Å². The number of rotatable bonds is 4. The van der Waals surface area contributed by atoms with E-state index in [0.29, 0.717) is 18.1 Å². The van der Waals surface area contributed by atoms with Crippen molar-refractivity contribution >= 4 is 17.5 Å². The van der Waals surface area contributed by atoms with Crippen LogP contribution in [-0.2, 0) is 24.4 Å². The highest BCUT2D eigenvalue weighted by atomic mass is 19.1. The van der Waals surface area contributed by atoms with Crippen molar-refractivity contribution in [3.8, 4) is 11.3 Å². The predicted octanol–water partition coefficient (Wildman–Crippen LogP) is 3.72. The second kappa shape index (κ2) is 6.92. The molecular formula is C20H17FN4O. The van der Waals surface area contributed by atoms with E-state index in [2.05, 4.69) is 20.6 Å². The Morgan fingerprint density at radius 1 is 1.12 bits per heavy atom. The lowest BCUT2D eigenvalue weighted by Crippen LogP contribution is -2.12. The molecule has 1 aliphatic rings. The Balaban J connectivity index is 1.63. The molecule has 3 aromatic rings. The van der Waals surface area contributed by atoms with E-state index in [4.69, 9.17) is 0 Å². The number of para-hydroxylation sites is 1. The van der Waals surface area contributed by atoms with Crippen LogP contribution in [0.5, 0.6) is 0 Å². The molecule has 0 saturated carbocycles. The average molecular weight is 348 g/mol. The van der Waals surface area contributed by atoms with Crippen LogP contribution in [0.15, 0.2) is 54.7 Å². The summed E-state index contributed by atoms with van der Waals surface area (Å²) in [5.41, 5.74) is 4.75. The fourth-order valence-electron chi connectivity index (χ4n) is 3.02. The van der Waals surface area contributed by atoms with Crippen LogP contribution >= 0.6 is 0 Å². The number of nitrogens with zero attached hydrogens (tertiary/aromatic N) is 2. The summed E-state index contributed by atoms with van der Waals surface area (Å²) in [7, 11) is 0. The zero-order valence-corrected chi connectivity index (χ0v) is 14.0. The fraction of sp³-hybridized carbons (Fsp3) is 0.150. The number of amides is 1. The SMILES string of the molecule is O=C1Cc2cnc(NCc3cccc(CF)c3)nc2-c2ccccc2N1. The van der Waals surface area contributed by atoms with E-state index < -0.39 is 6.67 Å². The first-order valence-corrected chi connectivity index (χ1v) is 8.36. The highest BCUT2D eigenvalue weighted by molar-refractivity contribution is 5.99. The van der Waals surface area contributed by atoms with Gasteiger partial charge in [-0.2, -0.15) is 0 Å². The molecular weight excluding hydrogens is 331 g/mol. The zero-order valence-electron chi connectivity index (χ0n) is 14.0. The van der Waals surface area contributed by atoms with Gasteiger partial charge in [-0.05, 0) is 17.2 Å². The van der Waals surface area contributed by atoms with Gasteiger partial charge in [-0.3, -0.25) is 4.79 Å². The summed E-state index contributed by atoms with van der Waals surface area (Å²) in [4.78, 5) is 21.0. The molecule has 2 heterocycles. The molecule has 1 amide bonds. The largest absolute Gasteiger partial charge is 0.350 e. The smallest absolute Gasteiger partial charge is 0.228 e. The summed E-state index contributed by atoms with van der Waals surface area (Å²) in [6.45, 7) is 0.00640. The van der Waals surface area contributed by atoms with Crippen LogP contribution in [0.4, 0.5) is 16.0 Å². The molecule has 6 heteroatoms. The molecule has 2 N–H and O–H groups in total. The molecule has 0 aliphatic carbocycles. The summed E-state index contributed by atoms with van der Waals surface area (Å²) in [6.07, 6.45) is 1.92. The average Bonchev–Trinajstić information content (AvgIpc) is 2.81. The lowest BCUT2D eigenvalue weighted by atomic mass is 10.1. The van der Waals surface area contributed by atoms with Gasteiger partial charge in [-0.1, -0.05) is 42.5 Å². The lowest BCUT2D eigenvalue weighted by Gasteiger charge is -2.10. The minimum absolute atomic E-state index is 0.0800. The number of anilines is 2. The maximum absolute atomic E-state index is 12.8. The molecule has 0 atom stereocenters. The molecule has 4 rings (SSSR count). The Hall–Kier alpha value is -3.28. The number of hydrogen-bond donors (Lipinski definition) is 2. The quantitative estimate of drug-likeness (QED) is 0.754. The maximum atomic E-state index is 12.8. The van der Waals surface area contributed by atoms with Gasteiger partial charge in [0.1, 0.15) is 6.67 Å². The van der Waals surface area contributed by atoms with Crippen molar-refractivity contribution in [2.75, 3.05) is 10.6 Å². The van der Waals surface area contributed by atoms with E-state index >= 15 is 0 Å². The van der Waals surface area contributed by atoms with E-state index in [0.717, 1.165) is 28.1 Å². The van der Waals surface area contributed by atoms with Crippen molar-refractivity contribution in [1.82, 2.24) is 9.97 Å². The third-order valence-electron chi connectivity index (χ3n) is 4.27. The van der Waals surface area contributed by atoms with Crippen LogP contribution in [0.25, 0.3) is 11.3 Å². The number of aromatic nitrogens is 2. The summed E-state index contributed by atoms with van der Waals surface area (Å²) < 4.78 is 12.8. The summed E-state index contributed by atoms with van der Waals surface area (Å²) in [5.74, 6) is 0.391. The highest BCUT2D eigenvalue weighted by Gasteiger charge is 2.20. The number of benzene rings is 2. The fourth-order valence-corrected chi connectivity index (χ4v) is 3.02. The number of alkyl halides is 1. The van der Waals surface area contributed by atoms with Crippen LogP contribution in [0, 0.1) is 0 Å². The maximum Gasteiger partial charge on any atom is 0.228 e. The molecule has 2 aromatic carbocycles. The number of carbonyl (C=O) groups excluding carboxylic acids is 1. The monoisotopic (exact) mass is 348 g/mol. The van der Waals surface area contributed by atoms with Gasteiger partial charge in [0, 0.05) is 23.9 Å². The number of fused-ring (bicyclic) bond motifs is 3. The van der Waals surface area contributed by atoms with E-state index in [9.17, 15) is 9.18 Å². The molecule has 130 valence electrons. The minimum Gasteiger partial charge on any atom is -0.350 e. The van der Waals surface area contributed by atoms with Gasteiger partial charge in [0.15, 0.2) is 0 Å². The minimum atomic E-state index is -0.485. The Bertz CT molecular complexity index is 974. The second-order valence-electron chi connectivity index (χ2n) is 6.15. The number of hydrogen-bond acceptors (Lipinski definition) is 4. The van der Waals surface area contributed by atoms with Crippen LogP contribution in [0.2, 0.25) is 0 Å². The van der Waals surface area contributed by atoms with Gasteiger partial charge in [-0.15, -0.1) is 0 Å². The van der Waals surface area contributed by atoms with Crippen molar-refractivity contribution in [2.24, 2.45) is 0 Å². The second-order valence-corrected chi connectivity index (χ2v) is 6.15. The molecule has 5 nitrogen and oxygen atoms in total. The Kier molecular flexibility index (Phi) is 4.31. The number of halogens is 1. The van der Waals surface area contributed by atoms with Gasteiger partial charge in [0.25, 0.3) is 0 Å². The van der Waals surface area contributed by atoms with Crippen LogP contribution in [0.1, 0.15) is 16.7 Å². The lowest BCUT2D eigenvalue weighted by molar-refractivity contribution is -0.115. The number of carbonyl (C=O) groups is 1. The zero-order chi connectivity index (χ0) is 17.9. The molecule has 26 heavy (non-hydrogen) atoms. The summed E-state index contributed by atoms with van der Waals surface area (Å²) in [6, 6.07) is 14.9.